The van der Waals surface area contributed by atoms with E-state index in [1.165, 1.54) is 22.8 Å². The average molecular weight is 494 g/mol. The first-order valence-corrected chi connectivity index (χ1v) is 12.0. The Morgan fingerprint density at radius 1 is 1.22 bits per heavy atom. The van der Waals surface area contributed by atoms with Crippen molar-refractivity contribution in [3.8, 4) is 16.9 Å². The Bertz CT molecular complexity index is 1230. The lowest BCUT2D eigenvalue weighted by Crippen LogP contribution is -2.40. The third-order valence-electron chi connectivity index (χ3n) is 6.76. The van der Waals surface area contributed by atoms with Crippen molar-refractivity contribution in [2.24, 2.45) is 5.92 Å². The van der Waals surface area contributed by atoms with Gasteiger partial charge in [-0.3, -0.25) is 19.6 Å². The molecule has 2 saturated heterocycles. The summed E-state index contributed by atoms with van der Waals surface area (Å²) in [5, 5.41) is 4.27. The molecule has 0 N–H and O–H groups in total. The zero-order valence-corrected chi connectivity index (χ0v) is 20.0. The van der Waals surface area contributed by atoms with Gasteiger partial charge in [0.05, 0.1) is 31.2 Å². The summed E-state index contributed by atoms with van der Waals surface area (Å²) in [4.78, 5) is 32.0. The van der Waals surface area contributed by atoms with Gasteiger partial charge in [-0.2, -0.15) is 5.10 Å². The van der Waals surface area contributed by atoms with E-state index in [9.17, 15) is 9.59 Å². The molecule has 2 aliphatic rings. The highest BCUT2D eigenvalue weighted by molar-refractivity contribution is 5.89. The van der Waals surface area contributed by atoms with E-state index in [4.69, 9.17) is 9.47 Å². The first-order chi connectivity index (χ1) is 17.5. The molecule has 188 valence electrons. The van der Waals surface area contributed by atoms with Crippen LogP contribution in [0.25, 0.3) is 16.9 Å². The summed E-state index contributed by atoms with van der Waals surface area (Å²) >= 11 is 0. The molecule has 1 amide bonds. The molecule has 0 spiro atoms. The highest BCUT2D eigenvalue weighted by Crippen LogP contribution is 2.28. The van der Waals surface area contributed by atoms with Crippen molar-refractivity contribution in [2.75, 3.05) is 38.2 Å². The van der Waals surface area contributed by atoms with Gasteiger partial charge in [-0.15, -0.1) is 0 Å². The van der Waals surface area contributed by atoms with Crippen LogP contribution in [0.1, 0.15) is 19.3 Å². The van der Waals surface area contributed by atoms with Gasteiger partial charge < -0.3 is 9.47 Å². The van der Waals surface area contributed by atoms with Crippen LogP contribution in [0.3, 0.4) is 0 Å². The second-order valence-corrected chi connectivity index (χ2v) is 9.16. The minimum atomic E-state index is -0.493. The second kappa shape index (κ2) is 10.4. The number of methoxy groups -OCH3 is 1. The quantitative estimate of drug-likeness (QED) is 0.464. The van der Waals surface area contributed by atoms with Gasteiger partial charge in [0.25, 0.3) is 0 Å². The van der Waals surface area contributed by atoms with E-state index in [1.54, 1.807) is 30.7 Å². The summed E-state index contributed by atoms with van der Waals surface area (Å²) < 4.78 is 26.8. The predicted octanol–water partition coefficient (Wildman–Crippen LogP) is 3.67. The number of carbonyl (C=O) groups is 2. The molecule has 10 heteroatoms. The molecular formula is C26H28FN5O4. The molecule has 1 aromatic carbocycles. The van der Waals surface area contributed by atoms with Gasteiger partial charge in [0, 0.05) is 30.9 Å². The number of likely N-dealkylation sites (tertiary alicyclic amines) is 1. The van der Waals surface area contributed by atoms with Crippen LogP contribution < -0.4 is 4.90 Å². The number of rotatable bonds is 7. The molecule has 2 fully saturated rings. The molecule has 5 rings (SSSR count). The fourth-order valence-electron chi connectivity index (χ4n) is 4.78. The number of piperidine rings is 1. The number of nitrogens with zero attached hydrogens (tertiary/aromatic N) is 5. The lowest BCUT2D eigenvalue weighted by molar-refractivity contribution is -0.142. The Morgan fingerprint density at radius 2 is 2.06 bits per heavy atom. The minimum Gasteiger partial charge on any atom is -0.469 e. The van der Waals surface area contributed by atoms with Crippen LogP contribution in [-0.2, 0) is 14.3 Å². The Labute approximate surface area is 208 Å². The molecule has 0 bridgehead atoms. The monoisotopic (exact) mass is 493 g/mol. The van der Waals surface area contributed by atoms with E-state index in [2.05, 4.69) is 15.0 Å². The summed E-state index contributed by atoms with van der Waals surface area (Å²) in [6, 6.07) is 10.2. The highest BCUT2D eigenvalue weighted by atomic mass is 19.1. The maximum atomic E-state index is 15.1. The molecular weight excluding hydrogens is 465 g/mol. The minimum absolute atomic E-state index is 0.173. The zero-order chi connectivity index (χ0) is 25.1. The van der Waals surface area contributed by atoms with Gasteiger partial charge in [-0.25, -0.2) is 13.9 Å². The number of amides is 1. The molecule has 1 atom stereocenters. The number of carbonyl (C=O) groups excluding carboxylic acids is 2. The molecule has 3 aromatic rings. The molecule has 0 aliphatic carbocycles. The van der Waals surface area contributed by atoms with E-state index in [0.29, 0.717) is 31.1 Å². The van der Waals surface area contributed by atoms with Crippen LogP contribution in [0.15, 0.2) is 55.0 Å². The van der Waals surface area contributed by atoms with Crippen LogP contribution in [0, 0.1) is 11.7 Å². The SMILES string of the molecule is COC(=O)CC1CCN(C[C@H]2CN(c3ccc(-n4cc(-c5ccccn5)cn4)c(F)c3)C(=O)O2)CC1. The van der Waals surface area contributed by atoms with Crippen molar-refractivity contribution in [1.29, 1.82) is 0 Å². The van der Waals surface area contributed by atoms with Gasteiger partial charge in [0.1, 0.15) is 11.8 Å². The van der Waals surface area contributed by atoms with Crippen molar-refractivity contribution in [1.82, 2.24) is 19.7 Å². The summed E-state index contributed by atoms with van der Waals surface area (Å²) in [7, 11) is 1.41. The Kier molecular flexibility index (Phi) is 6.95. The van der Waals surface area contributed by atoms with Gasteiger partial charge in [0.15, 0.2) is 5.82 Å². The van der Waals surface area contributed by atoms with Crippen molar-refractivity contribution in [2.45, 2.75) is 25.4 Å². The normalized spacial score (nSPS) is 18.9. The molecule has 0 saturated carbocycles. The third-order valence-corrected chi connectivity index (χ3v) is 6.76. The summed E-state index contributed by atoms with van der Waals surface area (Å²) in [6.45, 7) is 2.63. The average Bonchev–Trinajstić information content (AvgIpc) is 3.52. The lowest BCUT2D eigenvalue weighted by atomic mass is 9.93. The van der Waals surface area contributed by atoms with Gasteiger partial charge in [-0.1, -0.05) is 6.07 Å². The van der Waals surface area contributed by atoms with Gasteiger partial charge in [-0.05, 0) is 62.2 Å². The number of anilines is 1. The van der Waals surface area contributed by atoms with Crippen LogP contribution in [-0.4, -0.2) is 71.1 Å². The van der Waals surface area contributed by atoms with Crippen molar-refractivity contribution >= 4 is 17.7 Å². The van der Waals surface area contributed by atoms with E-state index < -0.39 is 11.9 Å². The predicted molar refractivity (Wildman–Crippen MR) is 130 cm³/mol. The number of hydrogen-bond donors (Lipinski definition) is 0. The molecule has 0 unspecified atom stereocenters. The Balaban J connectivity index is 1.20. The molecule has 9 nitrogen and oxygen atoms in total. The standard InChI is InChI=1S/C26H28FN5O4/c1-35-25(33)12-18-7-10-30(11-8-18)16-21-17-31(26(34)36-21)20-5-6-24(22(27)13-20)32-15-19(14-29-32)23-4-2-3-9-28-23/h2-6,9,13-15,18,21H,7-8,10-12,16-17H2,1H3/t21-/m0/s1. The maximum absolute atomic E-state index is 15.1. The molecule has 4 heterocycles. The zero-order valence-electron chi connectivity index (χ0n) is 20.0. The Hall–Kier alpha value is -3.79. The summed E-state index contributed by atoms with van der Waals surface area (Å²) in [6.07, 6.45) is 6.52. The van der Waals surface area contributed by atoms with Crippen molar-refractivity contribution < 1.29 is 23.5 Å². The third kappa shape index (κ3) is 5.23. The van der Waals surface area contributed by atoms with Gasteiger partial charge >= 0.3 is 12.1 Å². The Morgan fingerprint density at radius 3 is 2.78 bits per heavy atom. The summed E-state index contributed by atoms with van der Waals surface area (Å²) in [5.74, 6) is -0.340. The summed E-state index contributed by atoms with van der Waals surface area (Å²) in [5.41, 5.74) is 2.25. The number of cyclic esters (lactones) is 1. The molecule has 2 aliphatic heterocycles. The van der Waals surface area contributed by atoms with E-state index >= 15 is 4.39 Å². The number of esters is 1. The van der Waals surface area contributed by atoms with Crippen molar-refractivity contribution in [3.63, 3.8) is 0 Å². The number of benzene rings is 1. The number of aromatic nitrogens is 3. The number of ether oxygens (including phenoxy) is 2. The molecule has 2 aromatic heterocycles. The fraction of sp³-hybridized carbons (Fsp3) is 0.385. The lowest BCUT2D eigenvalue weighted by Gasteiger charge is -2.32. The molecule has 0 radical (unpaired) electrons. The van der Waals surface area contributed by atoms with Crippen molar-refractivity contribution in [3.05, 3.63) is 60.8 Å². The fourth-order valence-corrected chi connectivity index (χ4v) is 4.78. The van der Waals surface area contributed by atoms with E-state index in [0.717, 1.165) is 37.2 Å². The number of hydrogen-bond acceptors (Lipinski definition) is 7. The smallest absolute Gasteiger partial charge is 0.414 e. The van der Waals surface area contributed by atoms with Crippen LogP contribution >= 0.6 is 0 Å². The van der Waals surface area contributed by atoms with Crippen LogP contribution in [0.4, 0.5) is 14.9 Å². The van der Waals surface area contributed by atoms with Crippen LogP contribution in [0.5, 0.6) is 0 Å². The number of halogens is 1. The van der Waals surface area contributed by atoms with Crippen LogP contribution in [0.2, 0.25) is 0 Å². The number of pyridine rings is 1. The first-order valence-electron chi connectivity index (χ1n) is 12.0. The highest BCUT2D eigenvalue weighted by Gasteiger charge is 2.34. The molecule has 36 heavy (non-hydrogen) atoms. The topological polar surface area (TPSA) is 89.8 Å². The van der Waals surface area contributed by atoms with E-state index in [1.807, 2.05) is 18.2 Å². The largest absolute Gasteiger partial charge is 0.469 e. The first kappa shape index (κ1) is 23.9. The second-order valence-electron chi connectivity index (χ2n) is 9.16. The van der Waals surface area contributed by atoms with Gasteiger partial charge in [0.2, 0.25) is 0 Å². The van der Waals surface area contributed by atoms with E-state index in [-0.39, 0.29) is 17.8 Å². The maximum Gasteiger partial charge on any atom is 0.414 e.